The third-order valence-corrected chi connectivity index (χ3v) is 4.68. The second kappa shape index (κ2) is 9.34. The van der Waals surface area contributed by atoms with Gasteiger partial charge in [0, 0.05) is 21.8 Å². The van der Waals surface area contributed by atoms with Gasteiger partial charge in [-0.2, -0.15) is 0 Å². The number of amides is 1. The van der Waals surface area contributed by atoms with Gasteiger partial charge < -0.3 is 19.5 Å². The first-order valence-electron chi connectivity index (χ1n) is 9.01. The zero-order valence-corrected chi connectivity index (χ0v) is 17.2. The zero-order chi connectivity index (χ0) is 20.8. The van der Waals surface area contributed by atoms with Gasteiger partial charge >= 0.3 is 0 Å². The van der Waals surface area contributed by atoms with E-state index in [9.17, 15) is 4.79 Å². The highest BCUT2D eigenvalue weighted by atomic mass is 35.5. The third kappa shape index (κ3) is 5.21. The smallest absolute Gasteiger partial charge is 0.255 e. The first kappa shape index (κ1) is 20.6. The van der Waals surface area contributed by atoms with E-state index in [1.807, 2.05) is 37.3 Å². The third-order valence-electron chi connectivity index (χ3n) is 4.44. The monoisotopic (exact) mass is 411 g/mol. The van der Waals surface area contributed by atoms with Gasteiger partial charge in [0.15, 0.2) is 0 Å². The van der Waals surface area contributed by atoms with Crippen molar-refractivity contribution in [2.45, 2.75) is 13.5 Å². The highest BCUT2D eigenvalue weighted by molar-refractivity contribution is 6.31. The van der Waals surface area contributed by atoms with Crippen LogP contribution in [0.5, 0.6) is 17.2 Å². The van der Waals surface area contributed by atoms with Crippen LogP contribution in [0.15, 0.2) is 60.7 Å². The van der Waals surface area contributed by atoms with E-state index in [1.165, 1.54) is 0 Å². The van der Waals surface area contributed by atoms with E-state index in [0.29, 0.717) is 27.8 Å². The highest BCUT2D eigenvalue weighted by Crippen LogP contribution is 2.25. The first-order valence-corrected chi connectivity index (χ1v) is 9.39. The summed E-state index contributed by atoms with van der Waals surface area (Å²) < 4.78 is 16.4. The molecule has 3 rings (SSSR count). The summed E-state index contributed by atoms with van der Waals surface area (Å²) in [5, 5.41) is 3.46. The molecule has 0 spiro atoms. The predicted molar refractivity (Wildman–Crippen MR) is 114 cm³/mol. The van der Waals surface area contributed by atoms with Gasteiger partial charge in [0.05, 0.1) is 14.2 Å². The molecule has 3 aromatic rings. The van der Waals surface area contributed by atoms with Gasteiger partial charge in [-0.3, -0.25) is 4.79 Å². The molecule has 0 heterocycles. The molecule has 0 aliphatic carbocycles. The maximum absolute atomic E-state index is 12.7. The molecule has 0 aliphatic heterocycles. The predicted octanol–water partition coefficient (Wildman–Crippen LogP) is 5.50. The number of carbonyl (C=O) groups excluding carboxylic acids is 1. The van der Waals surface area contributed by atoms with Gasteiger partial charge in [0.1, 0.15) is 23.9 Å². The number of rotatable bonds is 7. The number of benzene rings is 3. The number of hydrogen-bond donors (Lipinski definition) is 1. The minimum Gasteiger partial charge on any atom is -0.497 e. The van der Waals surface area contributed by atoms with E-state index in [0.717, 1.165) is 16.9 Å². The molecule has 1 N–H and O–H groups in total. The summed E-state index contributed by atoms with van der Waals surface area (Å²) in [6.07, 6.45) is 0. The molecule has 5 nitrogen and oxygen atoms in total. The van der Waals surface area contributed by atoms with Crippen molar-refractivity contribution in [2.24, 2.45) is 0 Å². The van der Waals surface area contributed by atoms with Crippen molar-refractivity contribution >= 4 is 23.2 Å². The number of carbonyl (C=O) groups is 1. The largest absolute Gasteiger partial charge is 0.497 e. The molecular formula is C23H22ClNO4. The van der Waals surface area contributed by atoms with Crippen molar-refractivity contribution in [3.05, 3.63) is 82.4 Å². The number of methoxy groups -OCH3 is 2. The van der Waals surface area contributed by atoms with E-state index in [1.54, 1.807) is 44.6 Å². The minimum atomic E-state index is -0.233. The fourth-order valence-electron chi connectivity index (χ4n) is 2.79. The van der Waals surface area contributed by atoms with Crippen LogP contribution in [0.3, 0.4) is 0 Å². The number of anilines is 1. The average Bonchev–Trinajstić information content (AvgIpc) is 2.75. The van der Waals surface area contributed by atoms with Gasteiger partial charge in [-0.15, -0.1) is 0 Å². The lowest BCUT2D eigenvalue weighted by Crippen LogP contribution is -2.13. The summed E-state index contributed by atoms with van der Waals surface area (Å²) in [5.74, 6) is 1.86. The number of nitrogens with one attached hydrogen (secondary N) is 1. The van der Waals surface area contributed by atoms with Crippen LogP contribution in [-0.2, 0) is 6.61 Å². The summed E-state index contributed by atoms with van der Waals surface area (Å²) in [7, 11) is 3.20. The fourth-order valence-corrected chi connectivity index (χ4v) is 2.96. The topological polar surface area (TPSA) is 56.8 Å². The van der Waals surface area contributed by atoms with Crippen molar-refractivity contribution in [3.63, 3.8) is 0 Å². The Kier molecular flexibility index (Phi) is 6.62. The quantitative estimate of drug-likeness (QED) is 0.558. The van der Waals surface area contributed by atoms with Gasteiger partial charge in [-0.25, -0.2) is 0 Å². The molecule has 29 heavy (non-hydrogen) atoms. The van der Waals surface area contributed by atoms with Crippen LogP contribution < -0.4 is 19.5 Å². The van der Waals surface area contributed by atoms with Gasteiger partial charge in [-0.1, -0.05) is 17.7 Å². The van der Waals surface area contributed by atoms with Gasteiger partial charge in [0.25, 0.3) is 5.91 Å². The summed E-state index contributed by atoms with van der Waals surface area (Å²) in [6, 6.07) is 17.9. The molecule has 0 atom stereocenters. The molecule has 1 amide bonds. The molecule has 0 unspecified atom stereocenters. The normalized spacial score (nSPS) is 10.3. The molecular weight excluding hydrogens is 390 g/mol. The second-order valence-corrected chi connectivity index (χ2v) is 6.84. The van der Waals surface area contributed by atoms with Crippen LogP contribution in [0.2, 0.25) is 5.02 Å². The number of aryl methyl sites for hydroxylation is 1. The minimum absolute atomic E-state index is 0.233. The standard InChI is InChI=1S/C23H22ClNO4/c1-15-4-6-18(24)13-21(15)25-23(26)16-5-11-22(28-3)17(12-16)14-29-20-9-7-19(27-2)8-10-20/h4-13H,14H2,1-3H3,(H,25,26). The summed E-state index contributed by atoms with van der Waals surface area (Å²) in [4.78, 5) is 12.7. The molecule has 150 valence electrons. The molecule has 0 bridgehead atoms. The summed E-state index contributed by atoms with van der Waals surface area (Å²) in [6.45, 7) is 2.17. The first-order chi connectivity index (χ1) is 14.0. The number of hydrogen-bond acceptors (Lipinski definition) is 4. The Morgan fingerprint density at radius 2 is 1.66 bits per heavy atom. The Bertz CT molecular complexity index is 1000. The lowest BCUT2D eigenvalue weighted by molar-refractivity contribution is 0.102. The lowest BCUT2D eigenvalue weighted by atomic mass is 10.1. The Hall–Kier alpha value is -3.18. The van der Waals surface area contributed by atoms with Crippen LogP contribution in [0.25, 0.3) is 0 Å². The Balaban J connectivity index is 1.76. The number of halogens is 1. The van der Waals surface area contributed by atoms with Crippen LogP contribution in [-0.4, -0.2) is 20.1 Å². The molecule has 0 saturated heterocycles. The molecule has 0 fully saturated rings. The van der Waals surface area contributed by atoms with Crippen LogP contribution in [0.1, 0.15) is 21.5 Å². The molecule has 3 aromatic carbocycles. The fraction of sp³-hybridized carbons (Fsp3) is 0.174. The van der Waals surface area contributed by atoms with E-state index in [2.05, 4.69) is 5.32 Å². The van der Waals surface area contributed by atoms with Gasteiger partial charge in [0.2, 0.25) is 0 Å². The Morgan fingerprint density at radius 1 is 0.931 bits per heavy atom. The van der Waals surface area contributed by atoms with Crippen molar-refractivity contribution in [1.82, 2.24) is 0 Å². The van der Waals surface area contributed by atoms with E-state index < -0.39 is 0 Å². The van der Waals surface area contributed by atoms with E-state index in [-0.39, 0.29) is 12.5 Å². The lowest BCUT2D eigenvalue weighted by Gasteiger charge is -2.13. The van der Waals surface area contributed by atoms with E-state index >= 15 is 0 Å². The van der Waals surface area contributed by atoms with Crippen LogP contribution in [0, 0.1) is 6.92 Å². The molecule has 0 aliphatic rings. The molecule has 0 aromatic heterocycles. The Morgan fingerprint density at radius 3 is 2.34 bits per heavy atom. The van der Waals surface area contributed by atoms with Crippen molar-refractivity contribution in [2.75, 3.05) is 19.5 Å². The second-order valence-electron chi connectivity index (χ2n) is 6.40. The maximum Gasteiger partial charge on any atom is 0.255 e. The van der Waals surface area contributed by atoms with Crippen LogP contribution in [0.4, 0.5) is 5.69 Å². The van der Waals surface area contributed by atoms with Crippen molar-refractivity contribution < 1.29 is 19.0 Å². The summed E-state index contributed by atoms with van der Waals surface area (Å²) >= 11 is 6.04. The summed E-state index contributed by atoms with van der Waals surface area (Å²) in [5.41, 5.74) is 2.87. The van der Waals surface area contributed by atoms with Gasteiger partial charge in [-0.05, 0) is 67.1 Å². The highest BCUT2D eigenvalue weighted by Gasteiger charge is 2.12. The molecule has 0 radical (unpaired) electrons. The SMILES string of the molecule is COc1ccc(OCc2cc(C(=O)Nc3cc(Cl)ccc3C)ccc2OC)cc1. The average molecular weight is 412 g/mol. The Labute approximate surface area is 175 Å². The van der Waals surface area contributed by atoms with E-state index in [4.69, 9.17) is 25.8 Å². The maximum atomic E-state index is 12.7. The zero-order valence-electron chi connectivity index (χ0n) is 16.5. The molecule has 6 heteroatoms. The van der Waals surface area contributed by atoms with Crippen LogP contribution >= 0.6 is 11.6 Å². The van der Waals surface area contributed by atoms with Crippen molar-refractivity contribution in [3.8, 4) is 17.2 Å². The molecule has 0 saturated carbocycles. The number of ether oxygens (including phenoxy) is 3. The van der Waals surface area contributed by atoms with Crippen molar-refractivity contribution in [1.29, 1.82) is 0 Å².